The number of nitrogens with zero attached hydrogens (tertiary/aromatic N) is 3. The number of anilines is 1. The van der Waals surface area contributed by atoms with E-state index in [9.17, 15) is 13.6 Å². The minimum absolute atomic E-state index is 0.0990. The number of ketones is 1. The zero-order chi connectivity index (χ0) is 18.5. The van der Waals surface area contributed by atoms with Crippen molar-refractivity contribution in [2.45, 2.75) is 24.8 Å². The van der Waals surface area contributed by atoms with E-state index in [0.717, 1.165) is 11.8 Å². The molecule has 1 aliphatic heterocycles. The van der Waals surface area contributed by atoms with Crippen LogP contribution in [0.2, 0.25) is 0 Å². The molecule has 2 aromatic heterocycles. The molecular formula is C19H14F2N4O2. The summed E-state index contributed by atoms with van der Waals surface area (Å²) < 4.78 is 34.6. The van der Waals surface area contributed by atoms with Crippen molar-refractivity contribution in [2.75, 3.05) is 5.32 Å². The Balaban J connectivity index is 1.64. The Labute approximate surface area is 152 Å². The van der Waals surface area contributed by atoms with E-state index in [4.69, 9.17) is 4.42 Å². The number of allylic oxidation sites excluding steroid dienone is 2. The van der Waals surface area contributed by atoms with Gasteiger partial charge in [-0.3, -0.25) is 4.79 Å². The molecule has 3 aromatic rings. The lowest BCUT2D eigenvalue weighted by molar-refractivity contribution is -0.117. The van der Waals surface area contributed by atoms with Gasteiger partial charge in [-0.25, -0.2) is 13.5 Å². The average molecular weight is 368 g/mol. The molecule has 2 aliphatic rings. The number of Topliss-reactive ketones (excluding diaryl/α,β-unsaturated/α-hetero) is 1. The lowest BCUT2D eigenvalue weighted by atomic mass is 9.79. The van der Waals surface area contributed by atoms with Crippen LogP contribution in [0.15, 0.2) is 58.6 Å². The van der Waals surface area contributed by atoms with Crippen molar-refractivity contribution in [3.8, 4) is 0 Å². The van der Waals surface area contributed by atoms with Crippen LogP contribution in [0.25, 0.3) is 0 Å². The fourth-order valence-electron chi connectivity index (χ4n) is 3.92. The van der Waals surface area contributed by atoms with Crippen LogP contribution in [-0.2, 0) is 4.79 Å². The Hall–Kier alpha value is -3.29. The van der Waals surface area contributed by atoms with Crippen LogP contribution < -0.4 is 5.32 Å². The van der Waals surface area contributed by atoms with Gasteiger partial charge in [0.25, 0.3) is 0 Å². The molecule has 0 saturated heterocycles. The summed E-state index contributed by atoms with van der Waals surface area (Å²) >= 11 is 0. The molecule has 0 saturated carbocycles. The predicted octanol–water partition coefficient (Wildman–Crippen LogP) is 3.57. The molecule has 1 N–H and O–H groups in total. The molecule has 1 aromatic carbocycles. The van der Waals surface area contributed by atoms with Crippen molar-refractivity contribution < 1.29 is 18.0 Å². The van der Waals surface area contributed by atoms with Crippen molar-refractivity contribution >= 4 is 11.7 Å². The summed E-state index contributed by atoms with van der Waals surface area (Å²) in [5.41, 5.74) is 1.46. The molecule has 136 valence electrons. The molecule has 5 rings (SSSR count). The number of nitrogens with one attached hydrogen (secondary N) is 1. The van der Waals surface area contributed by atoms with E-state index in [1.54, 1.807) is 12.3 Å². The SMILES string of the molecule is O=C1C[C@H](c2ccco2)CC2=C1[C@@H](c1cc(F)cc(F)c1)n1ncnc1N2. The molecule has 27 heavy (non-hydrogen) atoms. The van der Waals surface area contributed by atoms with Crippen LogP contribution in [0.3, 0.4) is 0 Å². The number of carbonyl (C=O) groups excluding carboxylic acids is 1. The Morgan fingerprint density at radius 1 is 1.19 bits per heavy atom. The normalized spacial score (nSPS) is 21.6. The van der Waals surface area contributed by atoms with Crippen LogP contribution in [0, 0.1) is 11.6 Å². The van der Waals surface area contributed by atoms with E-state index in [1.165, 1.54) is 23.1 Å². The molecule has 0 spiro atoms. The summed E-state index contributed by atoms with van der Waals surface area (Å²) in [7, 11) is 0. The number of benzene rings is 1. The third kappa shape index (κ3) is 2.56. The number of carbonyl (C=O) groups is 1. The topological polar surface area (TPSA) is 73.0 Å². The first-order valence-electron chi connectivity index (χ1n) is 8.52. The highest BCUT2D eigenvalue weighted by molar-refractivity contribution is 6.00. The van der Waals surface area contributed by atoms with E-state index in [0.29, 0.717) is 29.2 Å². The van der Waals surface area contributed by atoms with Gasteiger partial charge in [0.1, 0.15) is 29.8 Å². The first-order chi connectivity index (χ1) is 13.1. The van der Waals surface area contributed by atoms with Crippen molar-refractivity contribution in [1.82, 2.24) is 14.8 Å². The summed E-state index contributed by atoms with van der Waals surface area (Å²) in [6.07, 6.45) is 3.72. The van der Waals surface area contributed by atoms with Crippen LogP contribution in [0.4, 0.5) is 14.7 Å². The highest BCUT2D eigenvalue weighted by Gasteiger charge is 2.40. The van der Waals surface area contributed by atoms with Crippen LogP contribution in [-0.4, -0.2) is 20.5 Å². The Kier molecular flexibility index (Phi) is 3.46. The van der Waals surface area contributed by atoms with Gasteiger partial charge < -0.3 is 9.73 Å². The van der Waals surface area contributed by atoms with E-state index in [-0.39, 0.29) is 18.1 Å². The molecule has 1 aliphatic carbocycles. The van der Waals surface area contributed by atoms with Gasteiger partial charge in [-0.1, -0.05) is 0 Å². The molecule has 2 atom stereocenters. The molecule has 0 bridgehead atoms. The summed E-state index contributed by atoms with van der Waals surface area (Å²) in [5, 5.41) is 7.31. The molecule has 0 amide bonds. The van der Waals surface area contributed by atoms with Crippen molar-refractivity contribution in [1.29, 1.82) is 0 Å². The summed E-state index contributed by atoms with van der Waals surface area (Å²) in [5.74, 6) is -0.458. The number of aromatic nitrogens is 3. The smallest absolute Gasteiger partial charge is 0.226 e. The molecule has 3 heterocycles. The van der Waals surface area contributed by atoms with Crippen LogP contribution in [0.5, 0.6) is 0 Å². The van der Waals surface area contributed by atoms with Crippen molar-refractivity contribution in [3.63, 3.8) is 0 Å². The number of furan rings is 1. The minimum atomic E-state index is -0.728. The molecular weight excluding hydrogens is 354 g/mol. The van der Waals surface area contributed by atoms with E-state index >= 15 is 0 Å². The second kappa shape index (κ2) is 5.87. The second-order valence-electron chi connectivity index (χ2n) is 6.69. The standard InChI is InChI=1S/C19H14F2N4O2/c20-12-4-11(5-13(21)8-12)18-17-14(24-19-22-9-23-25(18)19)6-10(7-15(17)26)16-2-1-3-27-16/h1-5,8-10,18H,6-7H2,(H,22,23,24)/t10-,18-/m1/s1. The van der Waals surface area contributed by atoms with Gasteiger partial charge in [-0.15, -0.1) is 0 Å². The predicted molar refractivity (Wildman–Crippen MR) is 90.9 cm³/mol. The lowest BCUT2D eigenvalue weighted by Crippen LogP contribution is -2.33. The second-order valence-corrected chi connectivity index (χ2v) is 6.69. The van der Waals surface area contributed by atoms with Crippen LogP contribution >= 0.6 is 0 Å². The van der Waals surface area contributed by atoms with E-state index < -0.39 is 17.7 Å². The summed E-state index contributed by atoms with van der Waals surface area (Å²) in [4.78, 5) is 17.2. The highest BCUT2D eigenvalue weighted by atomic mass is 19.1. The number of hydrogen-bond donors (Lipinski definition) is 1. The molecule has 6 nitrogen and oxygen atoms in total. The number of rotatable bonds is 2. The highest BCUT2D eigenvalue weighted by Crippen LogP contribution is 2.43. The third-order valence-corrected chi connectivity index (χ3v) is 5.01. The first kappa shape index (κ1) is 15.9. The fourth-order valence-corrected chi connectivity index (χ4v) is 3.92. The summed E-state index contributed by atoms with van der Waals surface area (Å²) in [6.45, 7) is 0. The minimum Gasteiger partial charge on any atom is -0.469 e. The molecule has 0 unspecified atom stereocenters. The Bertz CT molecular complexity index is 1050. The van der Waals surface area contributed by atoms with Crippen LogP contribution in [0.1, 0.15) is 36.1 Å². The van der Waals surface area contributed by atoms with Crippen molar-refractivity contribution in [2.24, 2.45) is 0 Å². The van der Waals surface area contributed by atoms with Gasteiger partial charge in [0.05, 0.1) is 6.26 Å². The maximum atomic E-state index is 13.8. The van der Waals surface area contributed by atoms with Crippen molar-refractivity contribution in [3.05, 3.63) is 77.2 Å². The maximum Gasteiger partial charge on any atom is 0.226 e. The van der Waals surface area contributed by atoms with Gasteiger partial charge in [-0.2, -0.15) is 10.1 Å². The first-order valence-corrected chi connectivity index (χ1v) is 8.52. The quantitative estimate of drug-likeness (QED) is 0.749. The molecule has 0 radical (unpaired) electrons. The van der Waals surface area contributed by atoms with Gasteiger partial charge in [-0.05, 0) is 36.2 Å². The number of halogens is 2. The third-order valence-electron chi connectivity index (χ3n) is 5.01. The van der Waals surface area contributed by atoms with Gasteiger partial charge in [0, 0.05) is 29.7 Å². The van der Waals surface area contributed by atoms with Gasteiger partial charge in [0.15, 0.2) is 5.78 Å². The number of fused-ring (bicyclic) bond motifs is 1. The number of hydrogen-bond acceptors (Lipinski definition) is 5. The Morgan fingerprint density at radius 3 is 2.74 bits per heavy atom. The summed E-state index contributed by atoms with van der Waals surface area (Å²) in [6, 6.07) is 6.15. The molecule has 0 fully saturated rings. The zero-order valence-corrected chi connectivity index (χ0v) is 14.0. The van der Waals surface area contributed by atoms with E-state index in [2.05, 4.69) is 15.4 Å². The van der Waals surface area contributed by atoms with Gasteiger partial charge in [0.2, 0.25) is 5.95 Å². The Morgan fingerprint density at radius 2 is 2.00 bits per heavy atom. The average Bonchev–Trinajstić information content (AvgIpc) is 3.30. The fraction of sp³-hybridized carbons (Fsp3) is 0.211. The largest absolute Gasteiger partial charge is 0.469 e. The molecule has 8 heteroatoms. The lowest BCUT2D eigenvalue weighted by Gasteiger charge is -2.34. The zero-order valence-electron chi connectivity index (χ0n) is 14.0. The maximum absolute atomic E-state index is 13.8. The van der Waals surface area contributed by atoms with E-state index in [1.807, 2.05) is 6.07 Å². The monoisotopic (exact) mass is 368 g/mol. The van der Waals surface area contributed by atoms with Gasteiger partial charge >= 0.3 is 0 Å².